The fourth-order valence-electron chi connectivity index (χ4n) is 3.69. The van der Waals surface area contributed by atoms with E-state index in [0.717, 1.165) is 34.4 Å². The summed E-state index contributed by atoms with van der Waals surface area (Å²) in [7, 11) is 0. The van der Waals surface area contributed by atoms with Crippen molar-refractivity contribution in [3.05, 3.63) is 30.6 Å². The van der Waals surface area contributed by atoms with Gasteiger partial charge in [-0.1, -0.05) is 31.4 Å². The van der Waals surface area contributed by atoms with Crippen molar-refractivity contribution in [1.82, 2.24) is 9.97 Å². The van der Waals surface area contributed by atoms with E-state index < -0.39 is 0 Å². The quantitative estimate of drug-likeness (QED) is 0.711. The maximum Gasteiger partial charge on any atom is 0.196 e. The molecule has 2 heterocycles. The molecule has 1 aliphatic rings. The molecule has 4 rings (SSSR count). The molecule has 0 bridgehead atoms. The minimum Gasteiger partial charge on any atom is -0.450 e. The number of nitrogens with zero attached hydrogens (tertiary/aromatic N) is 3. The Hall–Kier alpha value is -2.10. The number of anilines is 1. The lowest BCUT2D eigenvalue weighted by atomic mass is 9.94. The van der Waals surface area contributed by atoms with Crippen LogP contribution < -0.4 is 4.90 Å². The molecule has 0 saturated heterocycles. The summed E-state index contributed by atoms with van der Waals surface area (Å²) < 4.78 is 6.09. The molecule has 0 radical (unpaired) electrons. The average molecular weight is 295 g/mol. The predicted molar refractivity (Wildman–Crippen MR) is 89.2 cm³/mol. The second-order valence-electron chi connectivity index (χ2n) is 6.05. The van der Waals surface area contributed by atoms with Crippen molar-refractivity contribution in [2.75, 3.05) is 11.4 Å². The van der Waals surface area contributed by atoms with E-state index in [2.05, 4.69) is 27.9 Å². The van der Waals surface area contributed by atoms with Crippen LogP contribution in [0.3, 0.4) is 0 Å². The van der Waals surface area contributed by atoms with Gasteiger partial charge < -0.3 is 9.32 Å². The molecule has 3 aromatic rings. The number of hydrogen-bond acceptors (Lipinski definition) is 4. The molecular weight excluding hydrogens is 274 g/mol. The molecule has 0 N–H and O–H groups in total. The van der Waals surface area contributed by atoms with Gasteiger partial charge in [-0.3, -0.25) is 0 Å². The Morgan fingerprint density at radius 1 is 1.14 bits per heavy atom. The van der Waals surface area contributed by atoms with Crippen molar-refractivity contribution in [2.45, 2.75) is 45.1 Å². The topological polar surface area (TPSA) is 42.2 Å². The normalized spacial score (nSPS) is 16.4. The average Bonchev–Trinajstić information content (AvgIpc) is 2.96. The first-order valence-corrected chi connectivity index (χ1v) is 8.27. The molecule has 4 nitrogen and oxygen atoms in total. The molecule has 0 spiro atoms. The third-order valence-electron chi connectivity index (χ3n) is 4.77. The summed E-state index contributed by atoms with van der Waals surface area (Å²) in [6.45, 7) is 3.15. The Morgan fingerprint density at radius 2 is 1.95 bits per heavy atom. The molecule has 4 heteroatoms. The van der Waals surface area contributed by atoms with Gasteiger partial charge in [-0.15, -0.1) is 0 Å². The van der Waals surface area contributed by atoms with Gasteiger partial charge in [0.2, 0.25) is 0 Å². The monoisotopic (exact) mass is 295 g/mol. The minimum absolute atomic E-state index is 0.574. The van der Waals surface area contributed by atoms with Crippen LogP contribution in [0, 0.1) is 0 Å². The summed E-state index contributed by atoms with van der Waals surface area (Å²) in [5.41, 5.74) is 2.64. The third-order valence-corrected chi connectivity index (χ3v) is 4.77. The van der Waals surface area contributed by atoms with Crippen molar-refractivity contribution < 1.29 is 4.42 Å². The standard InChI is InChI=1S/C18H21N3O/c1-2-21(13-8-4-3-5-9-13)18-17-16(19-12-20-18)14-10-6-7-11-15(14)22-17/h6-7,10-13H,2-5,8-9H2,1H3. The van der Waals surface area contributed by atoms with Crippen LogP contribution >= 0.6 is 0 Å². The molecule has 1 aliphatic carbocycles. The van der Waals surface area contributed by atoms with E-state index in [0.29, 0.717) is 6.04 Å². The zero-order chi connectivity index (χ0) is 14.9. The Kier molecular flexibility index (Phi) is 3.45. The number of fused-ring (bicyclic) bond motifs is 3. The summed E-state index contributed by atoms with van der Waals surface area (Å²) in [5, 5.41) is 1.07. The Morgan fingerprint density at radius 3 is 2.77 bits per heavy atom. The lowest BCUT2D eigenvalue weighted by molar-refractivity contribution is 0.416. The van der Waals surface area contributed by atoms with Crippen LogP contribution in [0.2, 0.25) is 0 Å². The summed E-state index contributed by atoms with van der Waals surface area (Å²) in [6, 6.07) is 8.66. The summed E-state index contributed by atoms with van der Waals surface area (Å²) in [4.78, 5) is 11.4. The van der Waals surface area contributed by atoms with Gasteiger partial charge in [0.1, 0.15) is 17.4 Å². The number of aromatic nitrogens is 2. The van der Waals surface area contributed by atoms with Crippen molar-refractivity contribution in [2.24, 2.45) is 0 Å². The van der Waals surface area contributed by atoms with E-state index in [-0.39, 0.29) is 0 Å². The molecule has 114 valence electrons. The molecule has 2 aromatic heterocycles. The van der Waals surface area contributed by atoms with Crippen LogP contribution in [0.15, 0.2) is 35.0 Å². The van der Waals surface area contributed by atoms with Gasteiger partial charge in [-0.2, -0.15) is 0 Å². The molecule has 0 unspecified atom stereocenters. The molecule has 0 amide bonds. The van der Waals surface area contributed by atoms with Gasteiger partial charge in [-0.05, 0) is 31.9 Å². The zero-order valence-electron chi connectivity index (χ0n) is 13.0. The smallest absolute Gasteiger partial charge is 0.196 e. The van der Waals surface area contributed by atoms with Crippen molar-refractivity contribution in [3.63, 3.8) is 0 Å². The van der Waals surface area contributed by atoms with E-state index in [1.54, 1.807) is 6.33 Å². The largest absolute Gasteiger partial charge is 0.450 e. The van der Waals surface area contributed by atoms with Crippen LogP contribution in [0.1, 0.15) is 39.0 Å². The summed E-state index contributed by atoms with van der Waals surface area (Å²) in [5.74, 6) is 0.954. The number of rotatable bonds is 3. The van der Waals surface area contributed by atoms with E-state index in [1.165, 1.54) is 32.1 Å². The van der Waals surface area contributed by atoms with Gasteiger partial charge in [0.25, 0.3) is 0 Å². The molecule has 1 aromatic carbocycles. The van der Waals surface area contributed by atoms with Crippen LogP contribution in [0.5, 0.6) is 0 Å². The van der Waals surface area contributed by atoms with Gasteiger partial charge in [-0.25, -0.2) is 9.97 Å². The molecule has 22 heavy (non-hydrogen) atoms. The van der Waals surface area contributed by atoms with Crippen LogP contribution in [-0.4, -0.2) is 22.6 Å². The van der Waals surface area contributed by atoms with Crippen molar-refractivity contribution in [1.29, 1.82) is 0 Å². The van der Waals surface area contributed by atoms with Gasteiger partial charge in [0.15, 0.2) is 11.4 Å². The van der Waals surface area contributed by atoms with E-state index in [1.807, 2.05) is 18.2 Å². The Bertz CT molecular complexity index is 789. The third kappa shape index (κ3) is 2.14. The molecule has 1 fully saturated rings. The number of para-hydroxylation sites is 1. The maximum atomic E-state index is 6.09. The molecule has 0 aliphatic heterocycles. The Balaban J connectivity index is 1.86. The molecule has 0 atom stereocenters. The second-order valence-corrected chi connectivity index (χ2v) is 6.05. The second kappa shape index (κ2) is 5.59. The minimum atomic E-state index is 0.574. The lowest BCUT2D eigenvalue weighted by Crippen LogP contribution is -2.37. The number of furan rings is 1. The van der Waals surface area contributed by atoms with E-state index >= 15 is 0 Å². The van der Waals surface area contributed by atoms with Crippen molar-refractivity contribution >= 4 is 27.9 Å². The predicted octanol–water partition coefficient (Wildman–Crippen LogP) is 4.54. The van der Waals surface area contributed by atoms with Crippen LogP contribution in [0.25, 0.3) is 22.1 Å². The van der Waals surface area contributed by atoms with Crippen LogP contribution in [-0.2, 0) is 0 Å². The first-order valence-electron chi connectivity index (χ1n) is 8.27. The highest BCUT2D eigenvalue weighted by molar-refractivity contribution is 6.05. The number of benzene rings is 1. The zero-order valence-corrected chi connectivity index (χ0v) is 13.0. The molecular formula is C18H21N3O. The first kappa shape index (κ1) is 13.6. The summed E-state index contributed by atoms with van der Waals surface area (Å²) >= 11 is 0. The Labute approximate surface area is 130 Å². The van der Waals surface area contributed by atoms with Gasteiger partial charge in [0.05, 0.1) is 0 Å². The van der Waals surface area contributed by atoms with E-state index in [4.69, 9.17) is 4.42 Å². The fourth-order valence-corrected chi connectivity index (χ4v) is 3.69. The fraction of sp³-hybridized carbons (Fsp3) is 0.444. The number of hydrogen-bond donors (Lipinski definition) is 0. The lowest BCUT2D eigenvalue weighted by Gasteiger charge is -2.34. The highest BCUT2D eigenvalue weighted by atomic mass is 16.3. The van der Waals surface area contributed by atoms with Crippen LogP contribution in [0.4, 0.5) is 5.82 Å². The highest BCUT2D eigenvalue weighted by Crippen LogP contribution is 2.34. The summed E-state index contributed by atoms with van der Waals surface area (Å²) in [6.07, 6.45) is 8.16. The van der Waals surface area contributed by atoms with Crippen molar-refractivity contribution in [3.8, 4) is 0 Å². The highest BCUT2D eigenvalue weighted by Gasteiger charge is 2.24. The van der Waals surface area contributed by atoms with Gasteiger partial charge in [0, 0.05) is 18.0 Å². The SMILES string of the molecule is CCN(c1ncnc2c1oc1ccccc12)C1CCCCC1. The first-order chi connectivity index (χ1) is 10.9. The van der Waals surface area contributed by atoms with E-state index in [9.17, 15) is 0 Å². The molecule has 1 saturated carbocycles. The van der Waals surface area contributed by atoms with Gasteiger partial charge >= 0.3 is 0 Å². The maximum absolute atomic E-state index is 6.09.